The molecule has 0 saturated carbocycles. The first-order chi connectivity index (χ1) is 20.1. The molecule has 3 N–H and O–H groups in total. The van der Waals surface area contributed by atoms with Gasteiger partial charge < -0.3 is 25.2 Å². The number of benzene rings is 3. The number of nitrogens with one attached hydrogen (secondary N) is 2. The number of ether oxygens (including phenoxy) is 2. The Morgan fingerprint density at radius 1 is 0.881 bits per heavy atom. The van der Waals surface area contributed by atoms with E-state index in [4.69, 9.17) is 9.47 Å². The van der Waals surface area contributed by atoms with Crippen molar-refractivity contribution in [2.75, 3.05) is 19.5 Å². The molecule has 222 valence electrons. The van der Waals surface area contributed by atoms with E-state index in [1.165, 1.54) is 19.8 Å². The summed E-state index contributed by atoms with van der Waals surface area (Å²) in [7, 11) is 2.99. The normalized spacial score (nSPS) is 12.5. The standard InChI is InChI=1S/C34H40N2O6/c1-22(2)18-27(34(40)36-29(21-33(38)39)26-14-17-30(41-4)31(19-26)42-5)20-32(37)35-28-15-11-24(12-16-28)10-13-25-9-7-6-8-23(25)3/h6-17,19,22,27,29H,18,20-21H2,1-5H3,(H,35,37)(H,36,40)(H,38,39)/t27?,29-/m0/s1. The highest BCUT2D eigenvalue weighted by molar-refractivity contribution is 5.94. The minimum absolute atomic E-state index is 0.0370. The number of carboxylic acids is 1. The predicted octanol–water partition coefficient (Wildman–Crippen LogP) is 6.51. The van der Waals surface area contributed by atoms with Crippen molar-refractivity contribution in [2.45, 2.75) is 46.1 Å². The summed E-state index contributed by atoms with van der Waals surface area (Å²) in [5.41, 5.74) is 4.52. The maximum atomic E-state index is 13.4. The van der Waals surface area contributed by atoms with Crippen LogP contribution in [0.3, 0.4) is 0 Å². The van der Waals surface area contributed by atoms with Crippen LogP contribution >= 0.6 is 0 Å². The lowest BCUT2D eigenvalue weighted by atomic mass is 9.92. The number of aliphatic carboxylic acids is 1. The second kappa shape index (κ2) is 15.4. The molecular weight excluding hydrogens is 532 g/mol. The van der Waals surface area contributed by atoms with E-state index in [9.17, 15) is 19.5 Å². The van der Waals surface area contributed by atoms with Gasteiger partial charge in [-0.3, -0.25) is 14.4 Å². The van der Waals surface area contributed by atoms with Gasteiger partial charge in [-0.2, -0.15) is 0 Å². The Morgan fingerprint density at radius 3 is 2.19 bits per heavy atom. The molecule has 0 aliphatic rings. The molecule has 2 atom stereocenters. The number of amides is 2. The molecule has 8 nitrogen and oxygen atoms in total. The Hall–Kier alpha value is -4.59. The van der Waals surface area contributed by atoms with Crippen molar-refractivity contribution in [1.82, 2.24) is 5.32 Å². The van der Waals surface area contributed by atoms with E-state index in [2.05, 4.69) is 35.8 Å². The highest BCUT2D eigenvalue weighted by Crippen LogP contribution is 2.31. The molecule has 0 heterocycles. The van der Waals surface area contributed by atoms with Gasteiger partial charge in [-0.05, 0) is 65.8 Å². The minimum atomic E-state index is -1.06. The molecule has 0 spiro atoms. The van der Waals surface area contributed by atoms with Crippen LogP contribution in [0.4, 0.5) is 5.69 Å². The summed E-state index contributed by atoms with van der Waals surface area (Å²) in [4.78, 5) is 38.1. The molecule has 2 amide bonds. The minimum Gasteiger partial charge on any atom is -0.493 e. The van der Waals surface area contributed by atoms with Crippen molar-refractivity contribution in [3.05, 3.63) is 89.0 Å². The van der Waals surface area contributed by atoms with Gasteiger partial charge in [0.05, 0.1) is 26.7 Å². The second-order valence-electron chi connectivity index (χ2n) is 10.7. The van der Waals surface area contributed by atoms with Crippen LogP contribution in [-0.2, 0) is 14.4 Å². The quantitative estimate of drug-likeness (QED) is 0.190. The molecule has 0 radical (unpaired) electrons. The van der Waals surface area contributed by atoms with Crippen molar-refractivity contribution in [2.24, 2.45) is 11.8 Å². The molecule has 0 fully saturated rings. The number of anilines is 1. The van der Waals surface area contributed by atoms with Crippen LogP contribution in [-0.4, -0.2) is 37.1 Å². The van der Waals surface area contributed by atoms with Crippen molar-refractivity contribution < 1.29 is 29.0 Å². The summed E-state index contributed by atoms with van der Waals surface area (Å²) in [5.74, 6) is -1.31. The van der Waals surface area contributed by atoms with Crippen LogP contribution in [0.2, 0.25) is 0 Å². The molecule has 42 heavy (non-hydrogen) atoms. The highest BCUT2D eigenvalue weighted by atomic mass is 16.5. The molecule has 3 rings (SSSR count). The molecule has 0 aromatic heterocycles. The summed E-state index contributed by atoms with van der Waals surface area (Å²) in [5, 5.41) is 15.3. The Labute approximate surface area is 247 Å². The maximum Gasteiger partial charge on any atom is 0.305 e. The Balaban J connectivity index is 1.69. The smallest absolute Gasteiger partial charge is 0.305 e. The number of carbonyl (C=O) groups is 3. The van der Waals surface area contributed by atoms with Crippen LogP contribution in [0.25, 0.3) is 12.2 Å². The van der Waals surface area contributed by atoms with E-state index in [1.807, 2.05) is 56.3 Å². The Bertz CT molecular complexity index is 1400. The molecule has 0 bridgehead atoms. The summed E-state index contributed by atoms with van der Waals surface area (Å²) in [6.07, 6.45) is 4.17. The van der Waals surface area contributed by atoms with E-state index < -0.39 is 17.9 Å². The second-order valence-corrected chi connectivity index (χ2v) is 10.7. The zero-order valence-electron chi connectivity index (χ0n) is 24.8. The van der Waals surface area contributed by atoms with E-state index in [-0.39, 0.29) is 30.6 Å². The first-order valence-corrected chi connectivity index (χ1v) is 14.0. The number of hydrogen-bond donors (Lipinski definition) is 3. The third kappa shape index (κ3) is 9.51. The van der Waals surface area contributed by atoms with Gasteiger partial charge in [0.1, 0.15) is 0 Å². The Morgan fingerprint density at radius 2 is 1.57 bits per heavy atom. The maximum absolute atomic E-state index is 13.4. The van der Waals surface area contributed by atoms with Gasteiger partial charge >= 0.3 is 5.97 Å². The van der Waals surface area contributed by atoms with E-state index in [0.29, 0.717) is 29.2 Å². The van der Waals surface area contributed by atoms with Crippen LogP contribution in [0.5, 0.6) is 11.5 Å². The average Bonchev–Trinajstić information content (AvgIpc) is 2.96. The zero-order chi connectivity index (χ0) is 30.6. The van der Waals surface area contributed by atoms with Gasteiger partial charge in [0, 0.05) is 18.0 Å². The molecule has 0 saturated heterocycles. The van der Waals surface area contributed by atoms with E-state index in [0.717, 1.165) is 11.1 Å². The van der Waals surface area contributed by atoms with Gasteiger partial charge in [0.25, 0.3) is 0 Å². The largest absolute Gasteiger partial charge is 0.493 e. The first-order valence-electron chi connectivity index (χ1n) is 14.0. The molecule has 1 unspecified atom stereocenters. The zero-order valence-corrected chi connectivity index (χ0v) is 24.8. The van der Waals surface area contributed by atoms with Crippen LogP contribution in [0, 0.1) is 18.8 Å². The average molecular weight is 573 g/mol. The van der Waals surface area contributed by atoms with E-state index in [1.54, 1.807) is 18.2 Å². The number of methoxy groups -OCH3 is 2. The first kappa shape index (κ1) is 31.9. The van der Waals surface area contributed by atoms with Crippen LogP contribution in [0.15, 0.2) is 66.7 Å². The van der Waals surface area contributed by atoms with E-state index >= 15 is 0 Å². The molecule has 3 aromatic rings. The fraction of sp³-hybridized carbons (Fsp3) is 0.324. The summed E-state index contributed by atoms with van der Waals surface area (Å²) < 4.78 is 10.6. The number of hydrogen-bond acceptors (Lipinski definition) is 5. The summed E-state index contributed by atoms with van der Waals surface area (Å²) in [6.45, 7) is 6.02. The molecule has 0 aliphatic carbocycles. The molecule has 0 aliphatic heterocycles. The number of aryl methyl sites for hydroxylation is 1. The monoisotopic (exact) mass is 572 g/mol. The molecular formula is C34H40N2O6. The third-order valence-corrected chi connectivity index (χ3v) is 6.90. The van der Waals surface area contributed by atoms with Gasteiger partial charge in [0.2, 0.25) is 11.8 Å². The van der Waals surface area contributed by atoms with Crippen molar-refractivity contribution >= 4 is 35.6 Å². The number of carboxylic acid groups (broad SMARTS) is 1. The number of rotatable bonds is 14. The lowest BCUT2D eigenvalue weighted by Gasteiger charge is -2.24. The highest BCUT2D eigenvalue weighted by Gasteiger charge is 2.27. The fourth-order valence-electron chi connectivity index (χ4n) is 4.71. The molecule has 3 aromatic carbocycles. The topological polar surface area (TPSA) is 114 Å². The van der Waals surface area contributed by atoms with Crippen molar-refractivity contribution in [1.29, 1.82) is 0 Å². The lowest BCUT2D eigenvalue weighted by molar-refractivity contribution is -0.138. The summed E-state index contributed by atoms with van der Waals surface area (Å²) in [6, 6.07) is 19.8. The predicted molar refractivity (Wildman–Crippen MR) is 165 cm³/mol. The lowest BCUT2D eigenvalue weighted by Crippen LogP contribution is -2.37. The van der Waals surface area contributed by atoms with Crippen molar-refractivity contribution in [3.8, 4) is 11.5 Å². The SMILES string of the molecule is COc1ccc([C@H](CC(=O)O)NC(=O)C(CC(=O)Nc2ccc(C=Cc3ccccc3C)cc2)CC(C)C)cc1OC. The fourth-order valence-corrected chi connectivity index (χ4v) is 4.71. The van der Waals surface area contributed by atoms with Crippen molar-refractivity contribution in [3.63, 3.8) is 0 Å². The van der Waals surface area contributed by atoms with Gasteiger partial charge in [-0.25, -0.2) is 0 Å². The Kier molecular flexibility index (Phi) is 11.7. The third-order valence-electron chi connectivity index (χ3n) is 6.90. The van der Waals surface area contributed by atoms with Gasteiger partial charge in [0.15, 0.2) is 11.5 Å². The van der Waals surface area contributed by atoms with Crippen LogP contribution < -0.4 is 20.1 Å². The summed E-state index contributed by atoms with van der Waals surface area (Å²) >= 11 is 0. The molecule has 8 heteroatoms. The number of carbonyl (C=O) groups excluding carboxylic acids is 2. The van der Waals surface area contributed by atoms with Gasteiger partial charge in [-0.15, -0.1) is 0 Å². The van der Waals surface area contributed by atoms with Gasteiger partial charge in [-0.1, -0.05) is 68.5 Å². The van der Waals surface area contributed by atoms with Crippen LogP contribution in [0.1, 0.15) is 61.4 Å².